The Morgan fingerprint density at radius 3 is 2.54 bits per heavy atom. The van der Waals surface area contributed by atoms with Crippen molar-refractivity contribution in [2.45, 2.75) is 19.4 Å². The number of amides is 3. The van der Waals surface area contributed by atoms with Crippen molar-refractivity contribution in [2.24, 2.45) is 0 Å². The van der Waals surface area contributed by atoms with E-state index in [1.807, 2.05) is 6.92 Å². The van der Waals surface area contributed by atoms with Gasteiger partial charge in [0.25, 0.3) is 11.6 Å². The Kier molecular flexibility index (Phi) is 6.72. The number of non-ortho nitro benzene ring substituents is 1. The van der Waals surface area contributed by atoms with E-state index < -0.39 is 28.7 Å². The van der Waals surface area contributed by atoms with Gasteiger partial charge in [0.05, 0.1) is 29.3 Å². The average molecular weight is 474 g/mol. The van der Waals surface area contributed by atoms with Crippen molar-refractivity contribution in [1.29, 1.82) is 0 Å². The third kappa shape index (κ3) is 5.11. The van der Waals surface area contributed by atoms with Crippen molar-refractivity contribution in [1.82, 2.24) is 0 Å². The standard InChI is InChI=1S/C25H22N4O6/c1-2-35-19-12-10-17(11-13-19)26-23(30)15-22-24(31)27-20-8-3-4-9-21(20)28(22)25(32)16-6-5-7-18(14-16)29(33)34/h3-14,22H,2,15H2,1H3,(H,26,30)(H,27,31)/t22-/m1/s1. The lowest BCUT2D eigenvalue weighted by molar-refractivity contribution is -0.384. The van der Waals surface area contributed by atoms with Crippen LogP contribution >= 0.6 is 0 Å². The first kappa shape index (κ1) is 23.4. The van der Waals surface area contributed by atoms with Crippen LogP contribution in [-0.4, -0.2) is 35.3 Å². The highest BCUT2D eigenvalue weighted by atomic mass is 16.6. The van der Waals surface area contributed by atoms with Crippen LogP contribution in [0.2, 0.25) is 0 Å². The summed E-state index contributed by atoms with van der Waals surface area (Å²) in [4.78, 5) is 51.1. The molecule has 0 fully saturated rings. The first-order valence-corrected chi connectivity index (χ1v) is 10.9. The number of nitro benzene ring substituents is 1. The molecule has 3 aromatic carbocycles. The molecule has 0 radical (unpaired) electrons. The molecule has 1 aliphatic heterocycles. The van der Waals surface area contributed by atoms with Crippen molar-refractivity contribution >= 4 is 40.5 Å². The molecule has 0 saturated heterocycles. The normalized spacial score (nSPS) is 14.5. The van der Waals surface area contributed by atoms with Crippen LogP contribution in [0.4, 0.5) is 22.7 Å². The second-order valence-electron chi connectivity index (χ2n) is 7.71. The van der Waals surface area contributed by atoms with Crippen LogP contribution in [0.3, 0.4) is 0 Å². The third-order valence-corrected chi connectivity index (χ3v) is 5.39. The van der Waals surface area contributed by atoms with Gasteiger partial charge in [0.15, 0.2) is 0 Å². The van der Waals surface area contributed by atoms with Crippen LogP contribution in [-0.2, 0) is 9.59 Å². The van der Waals surface area contributed by atoms with Gasteiger partial charge < -0.3 is 15.4 Å². The van der Waals surface area contributed by atoms with Crippen LogP contribution in [0.5, 0.6) is 5.75 Å². The van der Waals surface area contributed by atoms with Crippen LogP contribution in [0.1, 0.15) is 23.7 Å². The number of carbonyl (C=O) groups excluding carboxylic acids is 3. The smallest absolute Gasteiger partial charge is 0.270 e. The summed E-state index contributed by atoms with van der Waals surface area (Å²) in [5.41, 5.74) is 1.07. The van der Waals surface area contributed by atoms with E-state index in [0.717, 1.165) is 6.07 Å². The Morgan fingerprint density at radius 2 is 1.83 bits per heavy atom. The van der Waals surface area contributed by atoms with Gasteiger partial charge in [-0.15, -0.1) is 0 Å². The van der Waals surface area contributed by atoms with E-state index in [9.17, 15) is 24.5 Å². The average Bonchev–Trinajstić information content (AvgIpc) is 2.85. The monoisotopic (exact) mass is 474 g/mol. The lowest BCUT2D eigenvalue weighted by Crippen LogP contribution is -2.52. The maximum atomic E-state index is 13.5. The topological polar surface area (TPSA) is 131 Å². The number of carbonyl (C=O) groups is 3. The lowest BCUT2D eigenvalue weighted by Gasteiger charge is -2.36. The minimum absolute atomic E-state index is 0.0284. The quantitative estimate of drug-likeness (QED) is 0.393. The summed E-state index contributed by atoms with van der Waals surface area (Å²) >= 11 is 0. The largest absolute Gasteiger partial charge is 0.494 e. The fourth-order valence-corrected chi connectivity index (χ4v) is 3.81. The Hall–Kier alpha value is -4.73. The van der Waals surface area contributed by atoms with E-state index >= 15 is 0 Å². The molecule has 0 unspecified atom stereocenters. The van der Waals surface area contributed by atoms with Gasteiger partial charge in [0.1, 0.15) is 11.8 Å². The van der Waals surface area contributed by atoms with Crippen molar-refractivity contribution < 1.29 is 24.0 Å². The number of hydrogen-bond donors (Lipinski definition) is 2. The fourth-order valence-electron chi connectivity index (χ4n) is 3.81. The van der Waals surface area contributed by atoms with Crippen molar-refractivity contribution in [2.75, 3.05) is 22.1 Å². The van der Waals surface area contributed by atoms with Gasteiger partial charge in [-0.3, -0.25) is 29.4 Å². The Morgan fingerprint density at radius 1 is 1.09 bits per heavy atom. The Labute approximate surface area is 200 Å². The van der Waals surface area contributed by atoms with Crippen LogP contribution in [0.15, 0.2) is 72.8 Å². The Bertz CT molecular complexity index is 1290. The van der Waals surface area contributed by atoms with Crippen molar-refractivity contribution in [3.05, 3.63) is 88.5 Å². The molecule has 1 aliphatic rings. The zero-order chi connectivity index (χ0) is 24.9. The predicted octanol–water partition coefficient (Wildman–Crippen LogP) is 3.99. The molecule has 1 heterocycles. The fraction of sp³-hybridized carbons (Fsp3) is 0.160. The van der Waals surface area contributed by atoms with E-state index in [0.29, 0.717) is 29.4 Å². The molecule has 3 aromatic rings. The molecule has 178 valence electrons. The molecule has 3 amide bonds. The maximum Gasteiger partial charge on any atom is 0.270 e. The van der Waals surface area contributed by atoms with Gasteiger partial charge >= 0.3 is 0 Å². The third-order valence-electron chi connectivity index (χ3n) is 5.39. The summed E-state index contributed by atoms with van der Waals surface area (Å²) in [7, 11) is 0. The number of nitrogens with zero attached hydrogens (tertiary/aromatic N) is 2. The van der Waals surface area contributed by atoms with Gasteiger partial charge in [-0.05, 0) is 49.4 Å². The van der Waals surface area contributed by atoms with Crippen molar-refractivity contribution in [3.8, 4) is 5.75 Å². The molecule has 1 atom stereocenters. The summed E-state index contributed by atoms with van der Waals surface area (Å²) in [5.74, 6) is -0.993. The van der Waals surface area contributed by atoms with E-state index in [1.54, 1.807) is 48.5 Å². The molecule has 0 spiro atoms. The second-order valence-corrected chi connectivity index (χ2v) is 7.71. The summed E-state index contributed by atoms with van der Waals surface area (Å²) in [5, 5.41) is 16.7. The van der Waals surface area contributed by atoms with E-state index in [4.69, 9.17) is 4.74 Å². The molecular formula is C25H22N4O6. The van der Waals surface area contributed by atoms with Gasteiger partial charge in [-0.25, -0.2) is 0 Å². The Balaban J connectivity index is 1.62. The molecule has 0 saturated carbocycles. The van der Waals surface area contributed by atoms with E-state index in [2.05, 4.69) is 10.6 Å². The zero-order valence-electron chi connectivity index (χ0n) is 18.8. The molecule has 0 bridgehead atoms. The molecule has 2 N–H and O–H groups in total. The number of hydrogen-bond acceptors (Lipinski definition) is 6. The molecular weight excluding hydrogens is 452 g/mol. The zero-order valence-corrected chi connectivity index (χ0v) is 18.8. The van der Waals surface area contributed by atoms with Gasteiger partial charge in [0.2, 0.25) is 11.8 Å². The van der Waals surface area contributed by atoms with Gasteiger partial charge in [-0.2, -0.15) is 0 Å². The van der Waals surface area contributed by atoms with Crippen molar-refractivity contribution in [3.63, 3.8) is 0 Å². The first-order valence-electron chi connectivity index (χ1n) is 10.9. The number of para-hydroxylation sites is 2. The number of ether oxygens (including phenoxy) is 1. The minimum Gasteiger partial charge on any atom is -0.494 e. The minimum atomic E-state index is -1.17. The van der Waals surface area contributed by atoms with Gasteiger partial charge in [0, 0.05) is 23.4 Å². The molecule has 4 rings (SSSR count). The number of nitro groups is 1. The van der Waals surface area contributed by atoms with Crippen LogP contribution in [0.25, 0.3) is 0 Å². The second kappa shape index (κ2) is 10.0. The molecule has 10 heteroatoms. The molecule has 0 aromatic heterocycles. The lowest BCUT2D eigenvalue weighted by atomic mass is 10.0. The van der Waals surface area contributed by atoms with E-state index in [1.165, 1.54) is 23.1 Å². The highest BCUT2D eigenvalue weighted by Crippen LogP contribution is 2.34. The van der Waals surface area contributed by atoms with Gasteiger partial charge in [-0.1, -0.05) is 18.2 Å². The maximum absolute atomic E-state index is 13.5. The summed E-state index contributed by atoms with van der Waals surface area (Å²) in [6.07, 6.45) is -0.325. The number of benzene rings is 3. The molecule has 35 heavy (non-hydrogen) atoms. The van der Waals surface area contributed by atoms with Crippen LogP contribution in [0, 0.1) is 10.1 Å². The highest BCUT2D eigenvalue weighted by molar-refractivity contribution is 6.18. The summed E-state index contributed by atoms with van der Waals surface area (Å²) in [6, 6.07) is 17.5. The predicted molar refractivity (Wildman–Crippen MR) is 130 cm³/mol. The first-order chi connectivity index (χ1) is 16.9. The molecule has 0 aliphatic carbocycles. The SMILES string of the molecule is CCOc1ccc(NC(=O)C[C@@H]2C(=O)Nc3ccccc3N2C(=O)c2cccc([N+](=O)[O-])c2)cc1. The highest BCUT2D eigenvalue weighted by Gasteiger charge is 2.38. The summed E-state index contributed by atoms with van der Waals surface area (Å²) in [6.45, 7) is 2.38. The number of rotatable bonds is 7. The van der Waals surface area contributed by atoms with E-state index in [-0.39, 0.29) is 17.7 Å². The molecule has 10 nitrogen and oxygen atoms in total. The number of fused-ring (bicyclic) bond motifs is 1. The number of anilines is 3. The number of nitrogens with one attached hydrogen (secondary N) is 2. The van der Waals surface area contributed by atoms with Crippen LogP contribution < -0.4 is 20.3 Å². The summed E-state index contributed by atoms with van der Waals surface area (Å²) < 4.78 is 5.39.